The van der Waals surface area contributed by atoms with Crippen LogP contribution in [0, 0.1) is 21.4 Å². The summed E-state index contributed by atoms with van der Waals surface area (Å²) >= 11 is 0. The Morgan fingerprint density at radius 3 is 2.95 bits per heavy atom. The topological polar surface area (TPSA) is 108 Å². The zero-order valence-corrected chi connectivity index (χ0v) is 10.8. The molecule has 1 aromatic carbocycles. The molecule has 2 aromatic rings. The van der Waals surface area contributed by atoms with Crippen molar-refractivity contribution >= 4 is 11.4 Å². The number of nitrogens with zero attached hydrogens (tertiary/aromatic N) is 3. The van der Waals surface area contributed by atoms with Gasteiger partial charge in [0, 0.05) is 18.5 Å². The standard InChI is InChI=1S/C13H13N5O2/c1-2-10(13-15-5-6-16-13)17-11-7-9(8-14)3-4-12(11)18(19)20/h3-7,10,17H,2H2,1H3,(H,15,16). The van der Waals surface area contributed by atoms with Crippen LogP contribution in [0.1, 0.15) is 30.8 Å². The molecule has 102 valence electrons. The fourth-order valence-corrected chi connectivity index (χ4v) is 1.90. The maximum absolute atomic E-state index is 11.0. The maximum Gasteiger partial charge on any atom is 0.292 e. The summed E-state index contributed by atoms with van der Waals surface area (Å²) in [6.45, 7) is 1.94. The van der Waals surface area contributed by atoms with Gasteiger partial charge < -0.3 is 10.3 Å². The molecule has 0 spiro atoms. The molecule has 1 unspecified atom stereocenters. The predicted octanol–water partition coefficient (Wildman–Crippen LogP) is 2.75. The first-order valence-electron chi connectivity index (χ1n) is 6.10. The van der Waals surface area contributed by atoms with E-state index in [9.17, 15) is 10.1 Å². The highest BCUT2D eigenvalue weighted by molar-refractivity contribution is 5.64. The number of nitriles is 1. The summed E-state index contributed by atoms with van der Waals surface area (Å²) < 4.78 is 0. The van der Waals surface area contributed by atoms with E-state index >= 15 is 0 Å². The molecule has 1 atom stereocenters. The Bertz CT molecular complexity index is 645. The Morgan fingerprint density at radius 2 is 2.40 bits per heavy atom. The monoisotopic (exact) mass is 271 g/mol. The third kappa shape index (κ3) is 2.75. The van der Waals surface area contributed by atoms with Gasteiger partial charge in [-0.2, -0.15) is 5.26 Å². The van der Waals surface area contributed by atoms with Gasteiger partial charge >= 0.3 is 0 Å². The highest BCUT2D eigenvalue weighted by Gasteiger charge is 2.19. The Kier molecular flexibility index (Phi) is 3.96. The summed E-state index contributed by atoms with van der Waals surface area (Å²) in [5.41, 5.74) is 0.624. The zero-order chi connectivity index (χ0) is 14.5. The molecule has 0 amide bonds. The Morgan fingerprint density at radius 1 is 1.60 bits per heavy atom. The minimum Gasteiger partial charge on any atom is -0.370 e. The SMILES string of the molecule is CCC(Nc1cc(C#N)ccc1[N+](=O)[O-])c1ncc[nH]1. The second-order valence-electron chi connectivity index (χ2n) is 4.18. The van der Waals surface area contributed by atoms with Crippen molar-refractivity contribution in [2.45, 2.75) is 19.4 Å². The van der Waals surface area contributed by atoms with E-state index in [0.29, 0.717) is 23.5 Å². The van der Waals surface area contributed by atoms with Crippen molar-refractivity contribution in [1.29, 1.82) is 5.26 Å². The zero-order valence-electron chi connectivity index (χ0n) is 10.8. The van der Waals surface area contributed by atoms with E-state index in [0.717, 1.165) is 0 Å². The Hall–Kier alpha value is -2.88. The number of aromatic nitrogens is 2. The van der Waals surface area contributed by atoms with E-state index in [1.165, 1.54) is 18.2 Å². The van der Waals surface area contributed by atoms with Crippen molar-refractivity contribution in [1.82, 2.24) is 9.97 Å². The minimum atomic E-state index is -0.474. The van der Waals surface area contributed by atoms with Gasteiger partial charge in [-0.1, -0.05) is 6.92 Å². The molecule has 0 aliphatic rings. The highest BCUT2D eigenvalue weighted by atomic mass is 16.6. The summed E-state index contributed by atoms with van der Waals surface area (Å²) in [5, 5.41) is 23.0. The number of anilines is 1. The number of benzene rings is 1. The molecule has 0 aliphatic carbocycles. The van der Waals surface area contributed by atoms with E-state index < -0.39 is 4.92 Å². The Labute approximate surface area is 115 Å². The lowest BCUT2D eigenvalue weighted by molar-refractivity contribution is -0.384. The first-order chi connectivity index (χ1) is 9.65. The molecule has 0 fully saturated rings. The van der Waals surface area contributed by atoms with E-state index in [1.807, 2.05) is 13.0 Å². The molecule has 2 rings (SSSR count). The van der Waals surface area contributed by atoms with E-state index in [-0.39, 0.29) is 11.7 Å². The third-order valence-corrected chi connectivity index (χ3v) is 2.91. The summed E-state index contributed by atoms with van der Waals surface area (Å²) in [4.78, 5) is 17.7. The largest absolute Gasteiger partial charge is 0.370 e. The van der Waals surface area contributed by atoms with Crippen molar-refractivity contribution in [2.75, 3.05) is 5.32 Å². The van der Waals surface area contributed by atoms with Crippen LogP contribution in [0.15, 0.2) is 30.6 Å². The molecular formula is C13H13N5O2. The van der Waals surface area contributed by atoms with Gasteiger partial charge in [0.05, 0.1) is 22.6 Å². The molecule has 1 heterocycles. The average Bonchev–Trinajstić information content (AvgIpc) is 2.98. The lowest BCUT2D eigenvalue weighted by Crippen LogP contribution is -2.12. The van der Waals surface area contributed by atoms with Gasteiger partial charge in [-0.25, -0.2) is 4.98 Å². The number of nitro benzene ring substituents is 1. The van der Waals surface area contributed by atoms with Crippen LogP contribution in [0.3, 0.4) is 0 Å². The first-order valence-corrected chi connectivity index (χ1v) is 6.10. The van der Waals surface area contributed by atoms with Crippen LogP contribution in [0.2, 0.25) is 0 Å². The summed E-state index contributed by atoms with van der Waals surface area (Å²) in [7, 11) is 0. The van der Waals surface area contributed by atoms with Gasteiger partial charge in [-0.3, -0.25) is 10.1 Å². The van der Waals surface area contributed by atoms with Crippen LogP contribution in [-0.4, -0.2) is 14.9 Å². The minimum absolute atomic E-state index is 0.0611. The Balaban J connectivity index is 2.36. The molecule has 0 bridgehead atoms. The number of nitro groups is 1. The molecule has 7 heteroatoms. The average molecular weight is 271 g/mol. The van der Waals surface area contributed by atoms with Crippen molar-refractivity contribution < 1.29 is 4.92 Å². The molecule has 0 aliphatic heterocycles. The van der Waals surface area contributed by atoms with Crippen LogP contribution in [0.5, 0.6) is 0 Å². The van der Waals surface area contributed by atoms with E-state index in [4.69, 9.17) is 5.26 Å². The fraction of sp³-hybridized carbons (Fsp3) is 0.231. The predicted molar refractivity (Wildman–Crippen MR) is 73.1 cm³/mol. The van der Waals surface area contributed by atoms with Crippen molar-refractivity contribution in [3.05, 3.63) is 52.1 Å². The number of imidazole rings is 1. The first kappa shape index (κ1) is 13.5. The molecule has 0 saturated carbocycles. The molecule has 7 nitrogen and oxygen atoms in total. The van der Waals surface area contributed by atoms with Crippen LogP contribution < -0.4 is 5.32 Å². The van der Waals surface area contributed by atoms with Crippen molar-refractivity contribution in [3.8, 4) is 6.07 Å². The third-order valence-electron chi connectivity index (χ3n) is 2.91. The quantitative estimate of drug-likeness (QED) is 0.642. The number of hydrogen-bond acceptors (Lipinski definition) is 5. The van der Waals surface area contributed by atoms with Gasteiger partial charge in [0.15, 0.2) is 0 Å². The molecule has 1 aromatic heterocycles. The maximum atomic E-state index is 11.0. The molecule has 20 heavy (non-hydrogen) atoms. The normalized spacial score (nSPS) is 11.6. The summed E-state index contributed by atoms with van der Waals surface area (Å²) in [6, 6.07) is 6.02. The van der Waals surface area contributed by atoms with Gasteiger partial charge in [-0.15, -0.1) is 0 Å². The van der Waals surface area contributed by atoms with Gasteiger partial charge in [0.2, 0.25) is 0 Å². The number of rotatable bonds is 5. The van der Waals surface area contributed by atoms with Crippen LogP contribution in [-0.2, 0) is 0 Å². The van der Waals surface area contributed by atoms with Gasteiger partial charge in [-0.05, 0) is 18.6 Å². The van der Waals surface area contributed by atoms with Crippen LogP contribution in [0.4, 0.5) is 11.4 Å². The van der Waals surface area contributed by atoms with E-state index in [1.54, 1.807) is 12.4 Å². The summed E-state index contributed by atoms with van der Waals surface area (Å²) in [5.74, 6) is 0.698. The number of hydrogen-bond donors (Lipinski definition) is 2. The van der Waals surface area contributed by atoms with Crippen LogP contribution >= 0.6 is 0 Å². The number of nitrogens with one attached hydrogen (secondary N) is 2. The highest BCUT2D eigenvalue weighted by Crippen LogP contribution is 2.29. The second kappa shape index (κ2) is 5.84. The lowest BCUT2D eigenvalue weighted by atomic mass is 10.1. The van der Waals surface area contributed by atoms with Crippen molar-refractivity contribution in [3.63, 3.8) is 0 Å². The molecule has 0 radical (unpaired) electrons. The van der Waals surface area contributed by atoms with Gasteiger partial charge in [0.1, 0.15) is 11.5 Å². The molecule has 2 N–H and O–H groups in total. The van der Waals surface area contributed by atoms with Gasteiger partial charge in [0.25, 0.3) is 5.69 Å². The smallest absolute Gasteiger partial charge is 0.292 e. The second-order valence-corrected chi connectivity index (χ2v) is 4.18. The number of aromatic amines is 1. The lowest BCUT2D eigenvalue weighted by Gasteiger charge is -2.16. The fourth-order valence-electron chi connectivity index (χ4n) is 1.90. The molecule has 0 saturated heterocycles. The molecular weight excluding hydrogens is 258 g/mol. The van der Waals surface area contributed by atoms with E-state index in [2.05, 4.69) is 15.3 Å². The number of H-pyrrole nitrogens is 1. The van der Waals surface area contributed by atoms with Crippen LogP contribution in [0.25, 0.3) is 0 Å². The van der Waals surface area contributed by atoms with Crippen molar-refractivity contribution in [2.24, 2.45) is 0 Å². The summed E-state index contributed by atoms with van der Waals surface area (Å²) in [6.07, 6.45) is 4.01.